The minimum absolute atomic E-state index is 0.0204. The molecule has 5 rings (SSSR count). The van der Waals surface area contributed by atoms with Crippen LogP contribution in [0.5, 0.6) is 0 Å². The van der Waals surface area contributed by atoms with Gasteiger partial charge < -0.3 is 20.3 Å². The van der Waals surface area contributed by atoms with Gasteiger partial charge in [0, 0.05) is 42.4 Å². The van der Waals surface area contributed by atoms with Crippen molar-refractivity contribution in [1.29, 1.82) is 0 Å². The Morgan fingerprint density at radius 3 is 2.62 bits per heavy atom. The third kappa shape index (κ3) is 5.87. The topological polar surface area (TPSA) is 97.2 Å². The van der Waals surface area contributed by atoms with Gasteiger partial charge in [0.2, 0.25) is 5.95 Å². The molecule has 0 atom stereocenters. The summed E-state index contributed by atoms with van der Waals surface area (Å²) in [6, 6.07) is 12.2. The molecule has 3 heterocycles. The number of hydrogen-bond acceptors (Lipinski definition) is 7. The van der Waals surface area contributed by atoms with Gasteiger partial charge in [-0.05, 0) is 49.0 Å². The molecule has 0 spiro atoms. The highest BCUT2D eigenvalue weighted by atomic mass is 35.5. The van der Waals surface area contributed by atoms with Gasteiger partial charge in [0.25, 0.3) is 5.91 Å². The lowest BCUT2D eigenvalue weighted by atomic mass is 10.1. The van der Waals surface area contributed by atoms with E-state index in [1.54, 1.807) is 41.3 Å². The van der Waals surface area contributed by atoms with E-state index < -0.39 is 11.7 Å². The van der Waals surface area contributed by atoms with Crippen LogP contribution in [0.3, 0.4) is 0 Å². The van der Waals surface area contributed by atoms with Gasteiger partial charge in [-0.15, -0.1) is 0 Å². The van der Waals surface area contributed by atoms with Gasteiger partial charge in [-0.25, -0.2) is 14.6 Å². The van der Waals surface area contributed by atoms with Crippen LogP contribution < -0.4 is 15.5 Å². The minimum Gasteiger partial charge on any atom is -0.370 e. The average molecular weight is 558 g/mol. The predicted molar refractivity (Wildman–Crippen MR) is 140 cm³/mol. The van der Waals surface area contributed by atoms with Crippen LogP contribution in [-0.4, -0.2) is 52.5 Å². The number of nitrogens with one attached hydrogen (secondary N) is 2. The number of amides is 1. The van der Waals surface area contributed by atoms with E-state index in [0.29, 0.717) is 41.8 Å². The fraction of sp³-hybridized carbons (Fsp3) is 0.231. The Labute approximate surface area is 226 Å². The van der Waals surface area contributed by atoms with Gasteiger partial charge in [0.05, 0.1) is 29.2 Å². The molecule has 9 nitrogen and oxygen atoms in total. The van der Waals surface area contributed by atoms with Crippen LogP contribution in [0, 0.1) is 0 Å². The largest absolute Gasteiger partial charge is 0.419 e. The van der Waals surface area contributed by atoms with Gasteiger partial charge in [-0.3, -0.25) is 4.79 Å². The van der Waals surface area contributed by atoms with E-state index in [2.05, 4.69) is 25.7 Å². The third-order valence-electron chi connectivity index (χ3n) is 6.01. The van der Waals surface area contributed by atoms with Crippen molar-refractivity contribution in [3.8, 4) is 16.9 Å². The van der Waals surface area contributed by atoms with Gasteiger partial charge in [0.1, 0.15) is 12.2 Å². The Hall–Kier alpha value is -4.00. The second kappa shape index (κ2) is 11.0. The highest BCUT2D eigenvalue weighted by Gasteiger charge is 2.36. The normalized spacial score (nSPS) is 14.1. The summed E-state index contributed by atoms with van der Waals surface area (Å²) in [6.45, 7) is 1.52. The summed E-state index contributed by atoms with van der Waals surface area (Å²) in [5, 5.41) is 10.6. The first kappa shape index (κ1) is 26.6. The Morgan fingerprint density at radius 2 is 1.92 bits per heavy atom. The molecule has 2 aromatic carbocycles. The Morgan fingerprint density at radius 1 is 1.13 bits per heavy atom. The molecule has 1 aliphatic heterocycles. The molecular weight excluding hydrogens is 535 g/mol. The Kier molecular flexibility index (Phi) is 7.51. The first-order chi connectivity index (χ1) is 18.7. The number of benzene rings is 2. The van der Waals surface area contributed by atoms with E-state index in [-0.39, 0.29) is 29.7 Å². The summed E-state index contributed by atoms with van der Waals surface area (Å²) < 4.78 is 48.1. The number of alkyl halides is 3. The van der Waals surface area contributed by atoms with Crippen molar-refractivity contribution in [3.05, 3.63) is 77.2 Å². The van der Waals surface area contributed by atoms with Crippen LogP contribution in [-0.2, 0) is 22.3 Å². The van der Waals surface area contributed by atoms with Crippen LogP contribution in [0.2, 0.25) is 5.02 Å². The second-order valence-electron chi connectivity index (χ2n) is 8.71. The quantitative estimate of drug-likeness (QED) is 0.336. The predicted octanol–water partition coefficient (Wildman–Crippen LogP) is 4.83. The molecule has 2 aromatic heterocycles. The monoisotopic (exact) mass is 557 g/mol. The molecular formula is C26H23ClF3N7O2. The number of halogens is 4. The zero-order valence-electron chi connectivity index (χ0n) is 20.7. The number of rotatable bonds is 7. The number of carbonyl (C=O) groups is 1. The molecule has 0 radical (unpaired) electrons. The Balaban J connectivity index is 1.42. The van der Waals surface area contributed by atoms with Crippen LogP contribution in [0.25, 0.3) is 16.9 Å². The lowest BCUT2D eigenvalue weighted by Crippen LogP contribution is -2.41. The van der Waals surface area contributed by atoms with Gasteiger partial charge >= 0.3 is 6.18 Å². The third-order valence-corrected chi connectivity index (χ3v) is 6.31. The van der Waals surface area contributed by atoms with E-state index >= 15 is 0 Å². The molecule has 1 fully saturated rings. The van der Waals surface area contributed by atoms with Crippen LogP contribution in [0.1, 0.15) is 11.1 Å². The van der Waals surface area contributed by atoms with Crippen molar-refractivity contribution in [2.75, 3.05) is 37.0 Å². The summed E-state index contributed by atoms with van der Waals surface area (Å²) >= 11 is 6.41. The summed E-state index contributed by atoms with van der Waals surface area (Å²) in [5.41, 5.74) is 1.51. The number of carbonyl (C=O) groups excluding carboxylic acids is 1. The molecule has 13 heteroatoms. The number of morpholine rings is 1. The van der Waals surface area contributed by atoms with Crippen molar-refractivity contribution in [3.63, 3.8) is 0 Å². The standard InChI is InChI=1S/C26H23ClF3N7O2/c1-31-11-16-2-7-22(21(27)10-16)37-14-17(12-33-37)24-20(26(28,29)30)13-32-25(35-24)34-18-3-5-19(6-4-18)36-8-9-39-15-23(36)38/h2-7,10,12-14,31H,8-9,11,15H2,1H3,(H,32,34,35). The summed E-state index contributed by atoms with van der Waals surface area (Å²) in [4.78, 5) is 21.7. The highest BCUT2D eigenvalue weighted by Crippen LogP contribution is 2.37. The van der Waals surface area contributed by atoms with E-state index in [4.69, 9.17) is 16.3 Å². The van der Waals surface area contributed by atoms with Crippen LogP contribution in [0.15, 0.2) is 61.1 Å². The maximum atomic E-state index is 13.9. The average Bonchev–Trinajstić information content (AvgIpc) is 3.39. The molecule has 0 saturated carbocycles. The first-order valence-electron chi connectivity index (χ1n) is 11.9. The number of anilines is 3. The summed E-state index contributed by atoms with van der Waals surface area (Å²) in [5.74, 6) is -0.177. The SMILES string of the molecule is CNCc1ccc(-n2cc(-c3nc(Nc4ccc(N5CCOCC5=O)cc4)ncc3C(F)(F)F)cn2)c(Cl)c1. The fourth-order valence-electron chi connectivity index (χ4n) is 4.14. The molecule has 39 heavy (non-hydrogen) atoms. The fourth-order valence-corrected chi connectivity index (χ4v) is 4.43. The smallest absolute Gasteiger partial charge is 0.370 e. The maximum absolute atomic E-state index is 13.9. The van der Waals surface area contributed by atoms with E-state index in [1.165, 1.54) is 17.1 Å². The number of ether oxygens (including phenoxy) is 1. The molecule has 0 bridgehead atoms. The number of nitrogens with zero attached hydrogens (tertiary/aromatic N) is 5. The molecule has 1 saturated heterocycles. The Bertz CT molecular complexity index is 1490. The number of aromatic nitrogens is 4. The van der Waals surface area contributed by atoms with Crippen molar-refractivity contribution in [2.45, 2.75) is 12.7 Å². The van der Waals surface area contributed by atoms with Crippen molar-refractivity contribution in [2.24, 2.45) is 0 Å². The van der Waals surface area contributed by atoms with Crippen LogP contribution in [0.4, 0.5) is 30.5 Å². The second-order valence-corrected chi connectivity index (χ2v) is 9.12. The lowest BCUT2D eigenvalue weighted by molar-refractivity contribution is -0.137. The zero-order chi connectivity index (χ0) is 27.6. The molecule has 0 unspecified atom stereocenters. The van der Waals surface area contributed by atoms with Crippen molar-refractivity contribution >= 4 is 34.8 Å². The number of hydrogen-bond donors (Lipinski definition) is 2. The zero-order valence-corrected chi connectivity index (χ0v) is 21.4. The van der Waals surface area contributed by atoms with Crippen LogP contribution >= 0.6 is 11.6 Å². The maximum Gasteiger partial charge on any atom is 0.419 e. The van der Waals surface area contributed by atoms with Gasteiger partial charge in [-0.2, -0.15) is 18.3 Å². The molecule has 0 aliphatic carbocycles. The van der Waals surface area contributed by atoms with E-state index in [1.807, 2.05) is 13.1 Å². The molecule has 4 aromatic rings. The molecule has 202 valence electrons. The van der Waals surface area contributed by atoms with Gasteiger partial charge in [-0.1, -0.05) is 17.7 Å². The van der Waals surface area contributed by atoms with Crippen molar-refractivity contribution in [1.82, 2.24) is 25.1 Å². The summed E-state index contributed by atoms with van der Waals surface area (Å²) in [6.07, 6.45) is -1.21. The molecule has 1 amide bonds. The lowest BCUT2D eigenvalue weighted by Gasteiger charge is -2.26. The van der Waals surface area contributed by atoms with Crippen molar-refractivity contribution < 1.29 is 22.7 Å². The highest BCUT2D eigenvalue weighted by molar-refractivity contribution is 6.32. The van der Waals surface area contributed by atoms with Gasteiger partial charge in [0.15, 0.2) is 0 Å². The minimum atomic E-state index is -4.69. The molecule has 2 N–H and O–H groups in total. The summed E-state index contributed by atoms with van der Waals surface area (Å²) in [7, 11) is 1.81. The molecule has 1 aliphatic rings. The first-order valence-corrected chi connectivity index (χ1v) is 12.3. The van der Waals surface area contributed by atoms with E-state index in [0.717, 1.165) is 11.8 Å². The van der Waals surface area contributed by atoms with E-state index in [9.17, 15) is 18.0 Å².